The lowest BCUT2D eigenvalue weighted by molar-refractivity contribution is 0.0131. The van der Waals surface area contributed by atoms with Crippen LogP contribution in [0.15, 0.2) is 30.5 Å². The number of pyridine rings is 1. The third kappa shape index (κ3) is 4.62. The Morgan fingerprint density at radius 2 is 2.07 bits per heavy atom. The topological polar surface area (TPSA) is 60.4 Å². The van der Waals surface area contributed by atoms with Crippen molar-refractivity contribution in [2.45, 2.75) is 38.7 Å². The van der Waals surface area contributed by atoms with E-state index in [1.165, 1.54) is 0 Å². The van der Waals surface area contributed by atoms with E-state index < -0.39 is 0 Å². The van der Waals surface area contributed by atoms with E-state index in [-0.39, 0.29) is 0 Å². The highest BCUT2D eigenvalue weighted by Gasteiger charge is 2.24. The van der Waals surface area contributed by atoms with E-state index in [0.717, 1.165) is 75.8 Å². The van der Waals surface area contributed by atoms with Crippen molar-refractivity contribution in [2.75, 3.05) is 37.8 Å². The Morgan fingerprint density at radius 3 is 2.78 bits per heavy atom. The van der Waals surface area contributed by atoms with Crippen LogP contribution in [-0.2, 0) is 15.9 Å². The molecule has 0 N–H and O–H groups in total. The van der Waals surface area contributed by atoms with Gasteiger partial charge in [-0.3, -0.25) is 4.98 Å². The molecule has 1 atom stereocenters. The SMILES string of the molecule is CCc1cc(N2CCC(OCC3CCOC3)CC2)nc(-c2ccccn2)n1. The number of ether oxygens (including phenoxy) is 2. The van der Waals surface area contributed by atoms with Crippen LogP contribution in [0.5, 0.6) is 0 Å². The molecule has 0 amide bonds. The predicted octanol–water partition coefficient (Wildman–Crippen LogP) is 3.12. The minimum absolute atomic E-state index is 0.351. The van der Waals surface area contributed by atoms with Crippen molar-refractivity contribution >= 4 is 5.82 Å². The van der Waals surface area contributed by atoms with Crippen LogP contribution in [0.4, 0.5) is 5.82 Å². The summed E-state index contributed by atoms with van der Waals surface area (Å²) in [5.41, 5.74) is 1.88. The van der Waals surface area contributed by atoms with Crippen LogP contribution in [0.2, 0.25) is 0 Å². The number of hydrogen-bond donors (Lipinski definition) is 0. The lowest BCUT2D eigenvalue weighted by Gasteiger charge is -2.33. The smallest absolute Gasteiger partial charge is 0.180 e. The van der Waals surface area contributed by atoms with Crippen LogP contribution in [0, 0.1) is 5.92 Å². The van der Waals surface area contributed by atoms with E-state index in [1.54, 1.807) is 6.20 Å². The molecule has 0 aromatic carbocycles. The first kappa shape index (κ1) is 18.3. The maximum atomic E-state index is 6.14. The molecular formula is C21H28N4O2. The van der Waals surface area contributed by atoms with Gasteiger partial charge in [0.15, 0.2) is 5.82 Å². The lowest BCUT2D eigenvalue weighted by atomic mass is 10.1. The monoisotopic (exact) mass is 368 g/mol. The molecule has 0 saturated carbocycles. The molecule has 2 aliphatic rings. The average Bonchev–Trinajstić information content (AvgIpc) is 3.26. The standard InChI is InChI=1S/C21H28N4O2/c1-2-17-13-20(24-21(23-17)19-5-3-4-9-22-19)25-10-6-18(7-11-25)27-15-16-8-12-26-14-16/h3-5,9,13,16,18H,2,6-8,10-12,14-15H2,1H3. The summed E-state index contributed by atoms with van der Waals surface area (Å²) in [4.78, 5) is 16.2. The van der Waals surface area contributed by atoms with Crippen molar-refractivity contribution in [3.05, 3.63) is 36.2 Å². The Balaban J connectivity index is 1.40. The number of anilines is 1. The molecule has 2 aromatic heterocycles. The summed E-state index contributed by atoms with van der Waals surface area (Å²) in [6.07, 6.45) is 6.24. The number of nitrogens with zero attached hydrogens (tertiary/aromatic N) is 4. The third-order valence-electron chi connectivity index (χ3n) is 5.38. The number of aryl methyl sites for hydroxylation is 1. The molecule has 4 heterocycles. The molecule has 2 saturated heterocycles. The number of hydrogen-bond acceptors (Lipinski definition) is 6. The molecule has 144 valence electrons. The van der Waals surface area contributed by atoms with E-state index in [1.807, 2.05) is 18.2 Å². The second-order valence-corrected chi connectivity index (χ2v) is 7.36. The molecule has 4 rings (SSSR count). The average molecular weight is 368 g/mol. The van der Waals surface area contributed by atoms with Gasteiger partial charge < -0.3 is 14.4 Å². The summed E-state index contributed by atoms with van der Waals surface area (Å²) >= 11 is 0. The number of piperidine rings is 1. The zero-order valence-corrected chi connectivity index (χ0v) is 16.0. The van der Waals surface area contributed by atoms with Gasteiger partial charge >= 0.3 is 0 Å². The molecule has 6 heteroatoms. The third-order valence-corrected chi connectivity index (χ3v) is 5.38. The summed E-state index contributed by atoms with van der Waals surface area (Å²) < 4.78 is 11.6. The molecule has 0 radical (unpaired) electrons. The maximum Gasteiger partial charge on any atom is 0.180 e. The van der Waals surface area contributed by atoms with E-state index >= 15 is 0 Å². The first-order valence-corrected chi connectivity index (χ1v) is 10.1. The fourth-order valence-corrected chi connectivity index (χ4v) is 3.67. The van der Waals surface area contributed by atoms with Gasteiger partial charge in [-0.1, -0.05) is 13.0 Å². The lowest BCUT2D eigenvalue weighted by Crippen LogP contribution is -2.38. The van der Waals surface area contributed by atoms with Gasteiger partial charge in [-0.05, 0) is 37.8 Å². The zero-order valence-electron chi connectivity index (χ0n) is 16.0. The fraction of sp³-hybridized carbons (Fsp3) is 0.571. The van der Waals surface area contributed by atoms with E-state index in [4.69, 9.17) is 14.5 Å². The first-order valence-electron chi connectivity index (χ1n) is 10.1. The minimum atomic E-state index is 0.351. The molecule has 2 aromatic rings. The van der Waals surface area contributed by atoms with Crippen molar-refractivity contribution in [2.24, 2.45) is 5.92 Å². The van der Waals surface area contributed by atoms with Gasteiger partial charge in [0.05, 0.1) is 19.3 Å². The van der Waals surface area contributed by atoms with Crippen molar-refractivity contribution in [3.63, 3.8) is 0 Å². The summed E-state index contributed by atoms with van der Waals surface area (Å²) in [5.74, 6) is 2.30. The summed E-state index contributed by atoms with van der Waals surface area (Å²) in [5, 5.41) is 0. The van der Waals surface area contributed by atoms with Crippen LogP contribution in [0.3, 0.4) is 0 Å². The zero-order chi connectivity index (χ0) is 18.5. The van der Waals surface area contributed by atoms with Crippen LogP contribution in [0.1, 0.15) is 31.9 Å². The van der Waals surface area contributed by atoms with Gasteiger partial charge in [-0.2, -0.15) is 0 Å². The van der Waals surface area contributed by atoms with Gasteiger partial charge in [0.25, 0.3) is 0 Å². The van der Waals surface area contributed by atoms with E-state index in [2.05, 4.69) is 27.9 Å². The summed E-state index contributed by atoms with van der Waals surface area (Å²) in [6.45, 7) is 6.64. The second kappa shape index (κ2) is 8.76. The molecule has 6 nitrogen and oxygen atoms in total. The molecule has 27 heavy (non-hydrogen) atoms. The van der Waals surface area contributed by atoms with Crippen LogP contribution >= 0.6 is 0 Å². The predicted molar refractivity (Wildman–Crippen MR) is 105 cm³/mol. The van der Waals surface area contributed by atoms with Gasteiger partial charge in [0.2, 0.25) is 0 Å². The Hall–Kier alpha value is -2.05. The Morgan fingerprint density at radius 1 is 1.19 bits per heavy atom. The largest absolute Gasteiger partial charge is 0.381 e. The first-order chi connectivity index (χ1) is 13.3. The highest BCUT2D eigenvalue weighted by Crippen LogP contribution is 2.24. The fourth-order valence-electron chi connectivity index (χ4n) is 3.67. The van der Waals surface area contributed by atoms with Crippen LogP contribution < -0.4 is 4.90 Å². The van der Waals surface area contributed by atoms with Crippen molar-refractivity contribution in [1.29, 1.82) is 0 Å². The minimum Gasteiger partial charge on any atom is -0.381 e. The van der Waals surface area contributed by atoms with Gasteiger partial charge in [-0.15, -0.1) is 0 Å². The molecule has 1 unspecified atom stereocenters. The summed E-state index contributed by atoms with van der Waals surface area (Å²) in [7, 11) is 0. The maximum absolute atomic E-state index is 6.14. The molecule has 2 aliphatic heterocycles. The van der Waals surface area contributed by atoms with Crippen LogP contribution in [-0.4, -0.2) is 54.0 Å². The molecule has 2 fully saturated rings. The molecule has 0 bridgehead atoms. The Bertz CT molecular complexity index is 726. The van der Waals surface area contributed by atoms with Gasteiger partial charge in [0, 0.05) is 43.6 Å². The summed E-state index contributed by atoms with van der Waals surface area (Å²) in [6, 6.07) is 7.97. The second-order valence-electron chi connectivity index (χ2n) is 7.36. The molecule has 0 aliphatic carbocycles. The Kier molecular flexibility index (Phi) is 5.94. The van der Waals surface area contributed by atoms with E-state index in [0.29, 0.717) is 17.8 Å². The molecular weight excluding hydrogens is 340 g/mol. The van der Waals surface area contributed by atoms with Gasteiger partial charge in [-0.25, -0.2) is 9.97 Å². The highest BCUT2D eigenvalue weighted by atomic mass is 16.5. The van der Waals surface area contributed by atoms with Crippen molar-refractivity contribution in [1.82, 2.24) is 15.0 Å². The normalized spacial score (nSPS) is 20.9. The Labute approximate surface area is 161 Å². The molecule has 0 spiro atoms. The quantitative estimate of drug-likeness (QED) is 0.781. The highest BCUT2D eigenvalue weighted by molar-refractivity contribution is 5.53. The number of rotatable bonds is 6. The van der Waals surface area contributed by atoms with Crippen molar-refractivity contribution < 1.29 is 9.47 Å². The van der Waals surface area contributed by atoms with Crippen molar-refractivity contribution in [3.8, 4) is 11.5 Å². The van der Waals surface area contributed by atoms with Crippen LogP contribution in [0.25, 0.3) is 11.5 Å². The van der Waals surface area contributed by atoms with E-state index in [9.17, 15) is 0 Å². The van der Waals surface area contributed by atoms with Gasteiger partial charge in [0.1, 0.15) is 11.5 Å². The number of aromatic nitrogens is 3.